The lowest BCUT2D eigenvalue weighted by Crippen LogP contribution is -2.45. The van der Waals surface area contributed by atoms with Gasteiger partial charge >= 0.3 is 0 Å². The molecule has 1 saturated heterocycles. The molecule has 1 aliphatic rings. The van der Waals surface area contributed by atoms with Gasteiger partial charge in [-0.25, -0.2) is 0 Å². The van der Waals surface area contributed by atoms with Crippen LogP contribution in [0.25, 0.3) is 0 Å². The number of nitrogens with one attached hydrogen (secondary N) is 1. The number of aryl methyl sites for hydroxylation is 2. The first-order valence-electron chi connectivity index (χ1n) is 6.84. The van der Waals surface area contributed by atoms with Crippen LogP contribution in [0, 0.1) is 19.8 Å². The smallest absolute Gasteiger partial charge is 0.279 e. The van der Waals surface area contributed by atoms with Crippen molar-refractivity contribution in [1.29, 1.82) is 0 Å². The molecule has 1 aromatic heterocycles. The Kier molecular flexibility index (Phi) is 5.19. The third kappa shape index (κ3) is 3.79. The highest BCUT2D eigenvalue weighted by Crippen LogP contribution is 2.22. The fourth-order valence-corrected chi connectivity index (χ4v) is 4.62. The number of hydrogen-bond acceptors (Lipinski definition) is 4. The summed E-state index contributed by atoms with van der Waals surface area (Å²) >= 11 is 1.63. The third-order valence-corrected chi connectivity index (χ3v) is 6.52. The zero-order valence-electron chi connectivity index (χ0n) is 11.9. The van der Waals surface area contributed by atoms with Crippen LogP contribution in [0.2, 0.25) is 0 Å². The van der Waals surface area contributed by atoms with E-state index in [-0.39, 0.29) is 12.5 Å². The summed E-state index contributed by atoms with van der Waals surface area (Å²) in [5.41, 5.74) is 1.20. The van der Waals surface area contributed by atoms with Crippen molar-refractivity contribution in [1.82, 2.24) is 9.03 Å². The van der Waals surface area contributed by atoms with Gasteiger partial charge in [0.2, 0.25) is 0 Å². The second kappa shape index (κ2) is 6.53. The number of hydrogen-bond donors (Lipinski definition) is 2. The molecule has 0 amide bonds. The van der Waals surface area contributed by atoms with Crippen molar-refractivity contribution in [3.63, 3.8) is 0 Å². The molecule has 0 atom stereocenters. The average molecular weight is 318 g/mol. The predicted octanol–water partition coefficient (Wildman–Crippen LogP) is 1.40. The zero-order valence-corrected chi connectivity index (χ0v) is 13.6. The first-order valence-corrected chi connectivity index (χ1v) is 9.09. The Labute approximate surface area is 124 Å². The van der Waals surface area contributed by atoms with Crippen molar-refractivity contribution in [3.8, 4) is 0 Å². The van der Waals surface area contributed by atoms with Gasteiger partial charge in [0.25, 0.3) is 10.2 Å². The second-order valence-corrected chi connectivity index (χ2v) is 8.40. The minimum atomic E-state index is -3.41. The number of thiophene rings is 1. The maximum absolute atomic E-state index is 12.2. The Morgan fingerprint density at radius 2 is 2.05 bits per heavy atom. The lowest BCUT2D eigenvalue weighted by Gasteiger charge is -2.30. The molecule has 5 nitrogen and oxygen atoms in total. The average Bonchev–Trinajstić information content (AvgIpc) is 2.76. The monoisotopic (exact) mass is 318 g/mol. The molecule has 0 unspecified atom stereocenters. The van der Waals surface area contributed by atoms with Gasteiger partial charge in [0.1, 0.15) is 0 Å². The Hall–Kier alpha value is -0.470. The van der Waals surface area contributed by atoms with Crippen LogP contribution in [0.5, 0.6) is 0 Å². The van der Waals surface area contributed by atoms with Gasteiger partial charge in [-0.15, -0.1) is 11.3 Å². The van der Waals surface area contributed by atoms with E-state index in [2.05, 4.69) is 4.72 Å². The first-order chi connectivity index (χ1) is 9.42. The van der Waals surface area contributed by atoms with Crippen molar-refractivity contribution in [2.75, 3.05) is 19.7 Å². The SMILES string of the molecule is Cc1cc(CNS(=O)(=O)N2CCC(CO)CC2)sc1C. The fraction of sp³-hybridized carbons (Fsp3) is 0.692. The van der Waals surface area contributed by atoms with Crippen molar-refractivity contribution >= 4 is 21.5 Å². The molecule has 2 rings (SSSR count). The van der Waals surface area contributed by atoms with Crippen LogP contribution in [0.15, 0.2) is 6.07 Å². The predicted molar refractivity (Wildman–Crippen MR) is 80.9 cm³/mol. The Balaban J connectivity index is 1.91. The molecule has 2 N–H and O–H groups in total. The molecule has 0 saturated carbocycles. The van der Waals surface area contributed by atoms with Gasteiger partial charge < -0.3 is 5.11 Å². The van der Waals surface area contributed by atoms with Crippen molar-refractivity contribution in [3.05, 3.63) is 21.4 Å². The van der Waals surface area contributed by atoms with E-state index in [1.807, 2.05) is 19.9 Å². The van der Waals surface area contributed by atoms with Crippen LogP contribution in [0.4, 0.5) is 0 Å². The summed E-state index contributed by atoms with van der Waals surface area (Å²) in [6.07, 6.45) is 1.46. The van der Waals surface area contributed by atoms with Crippen molar-refractivity contribution in [2.45, 2.75) is 33.2 Å². The summed E-state index contributed by atoms with van der Waals surface area (Å²) < 4.78 is 28.5. The molecular formula is C13H22N2O3S2. The number of aliphatic hydroxyl groups is 1. The van der Waals surface area contributed by atoms with Gasteiger partial charge in [-0.3, -0.25) is 0 Å². The lowest BCUT2D eigenvalue weighted by molar-refractivity contribution is 0.169. The van der Waals surface area contributed by atoms with E-state index in [0.29, 0.717) is 19.6 Å². The summed E-state index contributed by atoms with van der Waals surface area (Å²) in [6.45, 7) is 5.55. The van der Waals surface area contributed by atoms with Crippen LogP contribution in [-0.2, 0) is 16.8 Å². The van der Waals surface area contributed by atoms with E-state index in [1.54, 1.807) is 11.3 Å². The minimum absolute atomic E-state index is 0.148. The molecule has 1 aliphatic heterocycles. The van der Waals surface area contributed by atoms with Gasteiger partial charge in [0.05, 0.1) is 0 Å². The molecule has 7 heteroatoms. The summed E-state index contributed by atoms with van der Waals surface area (Å²) in [5, 5.41) is 9.08. The lowest BCUT2D eigenvalue weighted by atomic mass is 10.00. The Morgan fingerprint density at radius 1 is 1.40 bits per heavy atom. The molecule has 20 heavy (non-hydrogen) atoms. The zero-order chi connectivity index (χ0) is 14.8. The maximum Gasteiger partial charge on any atom is 0.279 e. The molecule has 114 valence electrons. The van der Waals surface area contributed by atoms with Crippen LogP contribution in [0.3, 0.4) is 0 Å². The van der Waals surface area contributed by atoms with E-state index in [1.165, 1.54) is 14.7 Å². The van der Waals surface area contributed by atoms with Gasteiger partial charge in [0.15, 0.2) is 0 Å². The van der Waals surface area contributed by atoms with Crippen molar-refractivity contribution in [2.24, 2.45) is 5.92 Å². The van der Waals surface area contributed by atoms with Crippen molar-refractivity contribution < 1.29 is 13.5 Å². The second-order valence-electron chi connectivity index (χ2n) is 5.30. The summed E-state index contributed by atoms with van der Waals surface area (Å²) in [5.74, 6) is 0.240. The van der Waals surface area contributed by atoms with E-state index < -0.39 is 10.2 Å². The van der Waals surface area contributed by atoms with Gasteiger partial charge in [-0.05, 0) is 44.2 Å². The molecule has 0 bridgehead atoms. The van der Waals surface area contributed by atoms with E-state index in [4.69, 9.17) is 5.11 Å². The van der Waals surface area contributed by atoms with Gasteiger partial charge in [0, 0.05) is 36.0 Å². The molecule has 1 aromatic rings. The molecule has 0 aliphatic carbocycles. The molecule has 0 spiro atoms. The maximum atomic E-state index is 12.2. The minimum Gasteiger partial charge on any atom is -0.396 e. The summed E-state index contributed by atoms with van der Waals surface area (Å²) in [7, 11) is -3.41. The highest BCUT2D eigenvalue weighted by molar-refractivity contribution is 7.87. The standard InChI is InChI=1S/C13H22N2O3S2/c1-10-7-13(19-11(10)2)8-14-20(17,18)15-5-3-12(9-16)4-6-15/h7,12,14,16H,3-6,8-9H2,1-2H3. The number of rotatable bonds is 5. The molecule has 1 fully saturated rings. The molecule has 0 aromatic carbocycles. The van der Waals surface area contributed by atoms with E-state index in [0.717, 1.165) is 17.7 Å². The Morgan fingerprint density at radius 3 is 2.55 bits per heavy atom. The highest BCUT2D eigenvalue weighted by atomic mass is 32.2. The normalized spacial score (nSPS) is 18.6. The van der Waals surface area contributed by atoms with E-state index in [9.17, 15) is 8.42 Å². The number of aliphatic hydroxyl groups excluding tert-OH is 1. The molecular weight excluding hydrogens is 296 g/mol. The Bertz CT molecular complexity index is 526. The fourth-order valence-electron chi connectivity index (χ4n) is 2.32. The number of nitrogens with zero attached hydrogens (tertiary/aromatic N) is 1. The molecule has 2 heterocycles. The summed E-state index contributed by atoms with van der Waals surface area (Å²) in [4.78, 5) is 2.26. The van der Waals surface area contributed by atoms with E-state index >= 15 is 0 Å². The van der Waals surface area contributed by atoms with Crippen LogP contribution in [-0.4, -0.2) is 37.5 Å². The van der Waals surface area contributed by atoms with Crippen LogP contribution in [0.1, 0.15) is 28.2 Å². The van der Waals surface area contributed by atoms with Gasteiger partial charge in [-0.2, -0.15) is 17.4 Å². The quantitative estimate of drug-likeness (QED) is 0.862. The van der Waals surface area contributed by atoms with Crippen LogP contribution < -0.4 is 4.72 Å². The highest BCUT2D eigenvalue weighted by Gasteiger charge is 2.27. The molecule has 0 radical (unpaired) electrons. The third-order valence-electron chi connectivity index (χ3n) is 3.82. The van der Waals surface area contributed by atoms with Crippen LogP contribution >= 0.6 is 11.3 Å². The first kappa shape index (κ1) is 15.9. The number of piperidine rings is 1. The summed E-state index contributed by atoms with van der Waals surface area (Å²) in [6, 6.07) is 2.03. The van der Waals surface area contributed by atoms with Gasteiger partial charge in [-0.1, -0.05) is 0 Å². The topological polar surface area (TPSA) is 69.6 Å². The largest absolute Gasteiger partial charge is 0.396 e.